The molecule has 1 aliphatic rings. The van der Waals surface area contributed by atoms with E-state index in [4.69, 9.17) is 4.74 Å². The number of hydrogen-bond donors (Lipinski definition) is 1. The van der Waals surface area contributed by atoms with Crippen molar-refractivity contribution in [3.8, 4) is 23.1 Å². The number of aliphatic carboxylic acids is 1. The molecule has 0 bridgehead atoms. The molecule has 13 heteroatoms. The molecule has 1 atom stereocenters. The number of methoxy groups -OCH3 is 1. The second-order valence-corrected chi connectivity index (χ2v) is 13.3. The maximum absolute atomic E-state index is 13.1. The quantitative estimate of drug-likeness (QED) is 0.246. The van der Waals surface area contributed by atoms with E-state index in [1.807, 2.05) is 43.3 Å². The van der Waals surface area contributed by atoms with Crippen LogP contribution in [0, 0.1) is 11.3 Å². The molecule has 6 rings (SSSR count). The summed E-state index contributed by atoms with van der Waals surface area (Å²) in [6.45, 7) is 3.74. The number of sulfonamides is 1. The molecule has 2 aromatic carbocycles. The SMILES string of the molecule is CC[C@@](C(=O)O)(c1ccc2cc(OC)ccc2c1)n1ccc2c(-c3cnn(C4(CC#N)CN(S(=O)(=O)CC)C4)c3)ncnc21. The van der Waals surface area contributed by atoms with Gasteiger partial charge in [0.2, 0.25) is 10.0 Å². The standard InChI is InChI=1S/C31H31N7O5S/c1-4-31(29(39)40,24-8-6-22-15-25(43-3)9-7-21(22)14-24)37-13-10-26-27(33-20-34-28(26)37)23-16-35-38(17-23)30(11-12-32)18-36(19-30)44(41,42)5-2/h6-10,13-17,20H,4-5,11,18-19H2,1-3H3,(H,39,40)/t31-/m0/s1. The molecule has 0 radical (unpaired) electrons. The zero-order chi connectivity index (χ0) is 31.3. The molecule has 0 amide bonds. The summed E-state index contributed by atoms with van der Waals surface area (Å²) in [5.41, 5.74) is -0.00793. The highest BCUT2D eigenvalue weighted by atomic mass is 32.2. The van der Waals surface area contributed by atoms with E-state index in [9.17, 15) is 23.6 Å². The van der Waals surface area contributed by atoms with Crippen molar-refractivity contribution in [2.24, 2.45) is 0 Å². The van der Waals surface area contributed by atoms with E-state index in [0.29, 0.717) is 33.6 Å². The van der Waals surface area contributed by atoms with Crippen LogP contribution in [0.5, 0.6) is 5.75 Å². The lowest BCUT2D eigenvalue weighted by molar-refractivity contribution is -0.145. The number of hydrogen-bond acceptors (Lipinski definition) is 8. The first-order valence-corrected chi connectivity index (χ1v) is 15.8. The summed E-state index contributed by atoms with van der Waals surface area (Å²) in [5, 5.41) is 27.2. The highest BCUT2D eigenvalue weighted by Gasteiger charge is 2.50. The van der Waals surface area contributed by atoms with Gasteiger partial charge in [-0.2, -0.15) is 14.7 Å². The Bertz CT molecular complexity index is 2060. The van der Waals surface area contributed by atoms with Crippen LogP contribution in [0.3, 0.4) is 0 Å². The summed E-state index contributed by atoms with van der Waals surface area (Å²) in [6.07, 6.45) is 6.84. The topological polar surface area (TPSA) is 156 Å². The molecule has 3 aromatic heterocycles. The normalized spacial score (nSPS) is 16.3. The van der Waals surface area contributed by atoms with Crippen LogP contribution in [0.2, 0.25) is 0 Å². The zero-order valence-corrected chi connectivity index (χ0v) is 25.3. The maximum Gasteiger partial charge on any atom is 0.334 e. The molecule has 0 saturated carbocycles. The van der Waals surface area contributed by atoms with Crippen LogP contribution in [0.1, 0.15) is 32.3 Å². The number of nitrogens with zero attached hydrogens (tertiary/aromatic N) is 7. The van der Waals surface area contributed by atoms with Crippen LogP contribution in [0.4, 0.5) is 0 Å². The molecule has 44 heavy (non-hydrogen) atoms. The van der Waals surface area contributed by atoms with Crippen molar-refractivity contribution in [3.63, 3.8) is 0 Å². The summed E-state index contributed by atoms with van der Waals surface area (Å²) >= 11 is 0. The monoisotopic (exact) mass is 613 g/mol. The minimum Gasteiger partial charge on any atom is -0.497 e. The Labute approximate surface area is 254 Å². The van der Waals surface area contributed by atoms with E-state index in [0.717, 1.165) is 10.8 Å². The van der Waals surface area contributed by atoms with Crippen LogP contribution in [-0.4, -0.2) is 74.1 Å². The van der Waals surface area contributed by atoms with E-state index in [2.05, 4.69) is 21.1 Å². The van der Waals surface area contributed by atoms with E-state index in [1.54, 1.807) is 47.9 Å². The molecule has 0 aliphatic carbocycles. The number of carbonyl (C=O) groups is 1. The number of benzene rings is 2. The molecule has 1 N–H and O–H groups in total. The van der Waals surface area contributed by atoms with Crippen molar-refractivity contribution in [3.05, 3.63) is 72.9 Å². The first kappa shape index (κ1) is 29.3. The van der Waals surface area contributed by atoms with Crippen LogP contribution in [0.25, 0.3) is 33.1 Å². The Morgan fingerprint density at radius 3 is 2.57 bits per heavy atom. The summed E-state index contributed by atoms with van der Waals surface area (Å²) in [4.78, 5) is 22.2. The third-order valence-electron chi connectivity index (χ3n) is 8.73. The zero-order valence-electron chi connectivity index (χ0n) is 24.5. The molecule has 0 spiro atoms. The van der Waals surface area contributed by atoms with Gasteiger partial charge >= 0.3 is 5.97 Å². The van der Waals surface area contributed by atoms with Gasteiger partial charge in [-0.1, -0.05) is 25.1 Å². The van der Waals surface area contributed by atoms with Gasteiger partial charge in [-0.3, -0.25) is 4.68 Å². The lowest BCUT2D eigenvalue weighted by Crippen LogP contribution is -2.64. The molecule has 226 valence electrons. The van der Waals surface area contributed by atoms with Crippen molar-refractivity contribution in [1.29, 1.82) is 5.26 Å². The minimum atomic E-state index is -3.39. The fourth-order valence-electron chi connectivity index (χ4n) is 6.17. The van der Waals surface area contributed by atoms with E-state index in [1.165, 1.54) is 10.6 Å². The van der Waals surface area contributed by atoms with Gasteiger partial charge < -0.3 is 14.4 Å². The Morgan fingerprint density at radius 2 is 1.89 bits per heavy atom. The van der Waals surface area contributed by atoms with Gasteiger partial charge in [0.15, 0.2) is 5.54 Å². The lowest BCUT2D eigenvalue weighted by atomic mass is 9.85. The van der Waals surface area contributed by atoms with Gasteiger partial charge in [0.25, 0.3) is 0 Å². The average Bonchev–Trinajstić information content (AvgIpc) is 3.67. The minimum absolute atomic E-state index is 0.0144. The van der Waals surface area contributed by atoms with Crippen LogP contribution < -0.4 is 4.74 Å². The third kappa shape index (κ3) is 4.40. The first-order chi connectivity index (χ1) is 21.1. The molecular weight excluding hydrogens is 582 g/mol. The first-order valence-electron chi connectivity index (χ1n) is 14.2. The van der Waals surface area contributed by atoms with Crippen molar-refractivity contribution in [1.82, 2.24) is 28.6 Å². The van der Waals surface area contributed by atoms with Gasteiger partial charge in [0, 0.05) is 36.4 Å². The number of carboxylic acid groups (broad SMARTS) is 1. The Kier molecular flexibility index (Phi) is 7.14. The number of rotatable bonds is 10. The third-order valence-corrected chi connectivity index (χ3v) is 10.5. The second kappa shape index (κ2) is 10.7. The predicted octanol–water partition coefficient (Wildman–Crippen LogP) is 3.97. The highest BCUT2D eigenvalue weighted by Crippen LogP contribution is 2.39. The predicted molar refractivity (Wildman–Crippen MR) is 163 cm³/mol. The van der Waals surface area contributed by atoms with Gasteiger partial charge in [-0.15, -0.1) is 0 Å². The van der Waals surface area contributed by atoms with Crippen molar-refractivity contribution >= 4 is 37.8 Å². The van der Waals surface area contributed by atoms with Crippen LogP contribution in [-0.2, 0) is 25.9 Å². The molecule has 12 nitrogen and oxygen atoms in total. The summed E-state index contributed by atoms with van der Waals surface area (Å²) < 4.78 is 34.8. The number of aromatic nitrogens is 5. The van der Waals surface area contributed by atoms with Gasteiger partial charge in [0.1, 0.15) is 23.3 Å². The number of carboxylic acids is 1. The number of ether oxygens (including phenoxy) is 1. The molecule has 5 aromatic rings. The lowest BCUT2D eigenvalue weighted by Gasteiger charge is -2.47. The summed E-state index contributed by atoms with van der Waals surface area (Å²) in [5.74, 6) is -0.318. The molecule has 1 aliphatic heterocycles. The molecule has 4 heterocycles. The summed E-state index contributed by atoms with van der Waals surface area (Å²) in [6, 6.07) is 15.2. The molecule has 0 unspecified atom stereocenters. The number of fused-ring (bicyclic) bond motifs is 2. The van der Waals surface area contributed by atoms with Crippen molar-refractivity contribution in [2.75, 3.05) is 26.0 Å². The largest absolute Gasteiger partial charge is 0.497 e. The fraction of sp³-hybridized carbons (Fsp3) is 0.323. The molecular formula is C31H31N7O5S. The summed E-state index contributed by atoms with van der Waals surface area (Å²) in [7, 11) is -1.78. The smallest absolute Gasteiger partial charge is 0.334 e. The van der Waals surface area contributed by atoms with Crippen molar-refractivity contribution in [2.45, 2.75) is 37.8 Å². The fourth-order valence-corrected chi connectivity index (χ4v) is 7.41. The van der Waals surface area contributed by atoms with Gasteiger partial charge in [-0.25, -0.2) is 23.2 Å². The van der Waals surface area contributed by atoms with E-state index >= 15 is 0 Å². The van der Waals surface area contributed by atoms with E-state index in [-0.39, 0.29) is 31.7 Å². The number of nitriles is 1. The Balaban J connectivity index is 1.42. The van der Waals surface area contributed by atoms with Crippen molar-refractivity contribution < 1.29 is 23.1 Å². The average molecular weight is 614 g/mol. The second-order valence-electron chi connectivity index (χ2n) is 11.0. The highest BCUT2D eigenvalue weighted by molar-refractivity contribution is 7.89. The van der Waals surface area contributed by atoms with Crippen LogP contribution in [0.15, 0.2) is 67.4 Å². The molecule has 1 saturated heterocycles. The van der Waals surface area contributed by atoms with Gasteiger partial charge in [0.05, 0.1) is 37.2 Å². The van der Waals surface area contributed by atoms with Gasteiger partial charge in [-0.05, 0) is 53.9 Å². The maximum atomic E-state index is 13.1. The Morgan fingerprint density at radius 1 is 1.14 bits per heavy atom. The van der Waals surface area contributed by atoms with E-state index < -0.39 is 27.1 Å². The van der Waals surface area contributed by atoms with Crippen LogP contribution >= 0.6 is 0 Å². The Hall–Kier alpha value is -4.80. The molecule has 1 fully saturated rings.